The zero-order chi connectivity index (χ0) is 10.8. The van der Waals surface area contributed by atoms with Crippen LogP contribution in [0.25, 0.3) is 0 Å². The van der Waals surface area contributed by atoms with E-state index in [0.717, 1.165) is 19.3 Å². The summed E-state index contributed by atoms with van der Waals surface area (Å²) in [6.45, 7) is 7.20. The highest BCUT2D eigenvalue weighted by Crippen LogP contribution is 2.03. The van der Waals surface area contributed by atoms with Crippen molar-refractivity contribution in [2.75, 3.05) is 6.61 Å². The number of hydrogen-bond acceptors (Lipinski definition) is 3. The van der Waals surface area contributed by atoms with Gasteiger partial charge in [-0.1, -0.05) is 19.6 Å². The van der Waals surface area contributed by atoms with Crippen molar-refractivity contribution in [2.45, 2.75) is 31.8 Å². The second kappa shape index (κ2) is 8.51. The number of esters is 1. The molecule has 0 heterocycles. The van der Waals surface area contributed by atoms with E-state index in [1.165, 1.54) is 12.2 Å². The lowest BCUT2D eigenvalue weighted by Gasteiger charge is -2.08. The minimum atomic E-state index is -0.389. The van der Waals surface area contributed by atoms with E-state index in [0.29, 0.717) is 6.42 Å². The first-order chi connectivity index (χ1) is 6.74. The van der Waals surface area contributed by atoms with E-state index in [1.807, 2.05) is 0 Å². The minimum absolute atomic E-state index is 0.178. The molecule has 0 aliphatic heterocycles. The summed E-state index contributed by atoms with van der Waals surface area (Å²) in [7, 11) is 0. The highest BCUT2D eigenvalue weighted by Gasteiger charge is 2.06. The third-order valence-electron chi connectivity index (χ3n) is 1.77. The number of rotatable bonds is 8. The molecule has 0 aliphatic rings. The maximum Gasteiger partial charge on any atom is 0.306 e. The molecule has 0 amide bonds. The molecule has 0 unspecified atom stereocenters. The molecule has 0 aromatic carbocycles. The lowest BCUT2D eigenvalue weighted by Crippen LogP contribution is -2.12. The monoisotopic (exact) mass is 198 g/mol. The molecule has 3 heteroatoms. The Morgan fingerprint density at radius 3 is 2.43 bits per heavy atom. The quantitative estimate of drug-likeness (QED) is 0.367. The Morgan fingerprint density at radius 2 is 1.93 bits per heavy atom. The second-order valence-electron chi connectivity index (χ2n) is 2.96. The topological polar surface area (TPSA) is 46.5 Å². The van der Waals surface area contributed by atoms with Crippen LogP contribution in [0.4, 0.5) is 0 Å². The van der Waals surface area contributed by atoms with Gasteiger partial charge in [-0.15, -0.1) is 0 Å². The number of carbonyl (C=O) groups is 1. The summed E-state index contributed by atoms with van der Waals surface area (Å²) in [6, 6.07) is 0. The number of unbranched alkanes of at least 4 members (excludes halogenated alkanes) is 2. The first-order valence-electron chi connectivity index (χ1n) is 4.80. The predicted octanol–water partition coefficient (Wildman–Crippen LogP) is 1.82. The highest BCUT2D eigenvalue weighted by molar-refractivity contribution is 5.69. The van der Waals surface area contributed by atoms with Crippen molar-refractivity contribution in [3.63, 3.8) is 0 Å². The Labute approximate surface area is 85.1 Å². The molecule has 0 aromatic rings. The summed E-state index contributed by atoms with van der Waals surface area (Å²) >= 11 is 0. The molecule has 0 fully saturated rings. The summed E-state index contributed by atoms with van der Waals surface area (Å²) in [5.41, 5.74) is 0. The number of hydrogen-bond donors (Lipinski definition) is 1. The van der Waals surface area contributed by atoms with Crippen LogP contribution in [-0.2, 0) is 9.53 Å². The van der Waals surface area contributed by atoms with E-state index < -0.39 is 0 Å². The first-order valence-corrected chi connectivity index (χ1v) is 4.80. The number of carbonyl (C=O) groups excluding carboxylic acids is 1. The third-order valence-corrected chi connectivity index (χ3v) is 1.77. The average molecular weight is 198 g/mol. The van der Waals surface area contributed by atoms with Gasteiger partial charge >= 0.3 is 5.97 Å². The van der Waals surface area contributed by atoms with E-state index in [2.05, 4.69) is 13.2 Å². The van der Waals surface area contributed by atoms with Crippen molar-refractivity contribution >= 4 is 5.97 Å². The van der Waals surface area contributed by atoms with Crippen LogP contribution >= 0.6 is 0 Å². The van der Waals surface area contributed by atoms with E-state index >= 15 is 0 Å². The first kappa shape index (κ1) is 12.9. The lowest BCUT2D eigenvalue weighted by atomic mass is 10.2. The van der Waals surface area contributed by atoms with E-state index in [1.54, 1.807) is 0 Å². The fraction of sp³-hybridized carbons (Fsp3) is 0.545. The van der Waals surface area contributed by atoms with Crippen molar-refractivity contribution < 1.29 is 14.6 Å². The molecule has 0 radical (unpaired) electrons. The molecule has 0 bridgehead atoms. The zero-order valence-corrected chi connectivity index (χ0v) is 8.45. The Hall–Kier alpha value is -1.09. The van der Waals surface area contributed by atoms with Crippen LogP contribution in [0.5, 0.6) is 0 Å². The van der Waals surface area contributed by atoms with Crippen molar-refractivity contribution in [1.82, 2.24) is 0 Å². The third kappa shape index (κ3) is 6.43. The molecular weight excluding hydrogens is 180 g/mol. The van der Waals surface area contributed by atoms with Crippen molar-refractivity contribution in [2.24, 2.45) is 0 Å². The van der Waals surface area contributed by atoms with Crippen molar-refractivity contribution in [3.05, 3.63) is 25.3 Å². The van der Waals surface area contributed by atoms with Gasteiger partial charge in [0, 0.05) is 13.0 Å². The second-order valence-corrected chi connectivity index (χ2v) is 2.96. The molecule has 0 saturated carbocycles. The van der Waals surface area contributed by atoms with Crippen LogP contribution in [0, 0.1) is 0 Å². The van der Waals surface area contributed by atoms with Gasteiger partial charge in [0.25, 0.3) is 0 Å². The zero-order valence-electron chi connectivity index (χ0n) is 8.45. The Bertz CT molecular complexity index is 179. The van der Waals surface area contributed by atoms with E-state index in [4.69, 9.17) is 9.84 Å². The SMILES string of the molecule is C=CC(C=C)OC(=O)CCCCCO. The molecule has 3 nitrogen and oxygen atoms in total. The predicted molar refractivity (Wildman–Crippen MR) is 55.8 cm³/mol. The lowest BCUT2D eigenvalue weighted by molar-refractivity contribution is -0.145. The van der Waals surface area contributed by atoms with Crippen LogP contribution in [0.2, 0.25) is 0 Å². The Balaban J connectivity index is 3.53. The molecule has 80 valence electrons. The fourth-order valence-electron chi connectivity index (χ4n) is 0.961. The maximum atomic E-state index is 11.2. The van der Waals surface area contributed by atoms with E-state index in [9.17, 15) is 4.79 Å². The van der Waals surface area contributed by atoms with Gasteiger partial charge in [-0.05, 0) is 25.0 Å². The molecular formula is C11H18O3. The average Bonchev–Trinajstić information content (AvgIpc) is 2.21. The number of aliphatic hydroxyl groups is 1. The smallest absolute Gasteiger partial charge is 0.306 e. The molecule has 0 saturated heterocycles. The summed E-state index contributed by atoms with van der Waals surface area (Å²) in [6.07, 6.45) is 5.38. The molecule has 0 aliphatic carbocycles. The van der Waals surface area contributed by atoms with Crippen LogP contribution in [0.15, 0.2) is 25.3 Å². The summed E-state index contributed by atoms with van der Waals surface area (Å²) < 4.78 is 4.99. The van der Waals surface area contributed by atoms with Gasteiger partial charge in [0.15, 0.2) is 0 Å². The Kier molecular flexibility index (Phi) is 7.84. The van der Waals surface area contributed by atoms with Crippen LogP contribution < -0.4 is 0 Å². The van der Waals surface area contributed by atoms with Gasteiger partial charge in [-0.25, -0.2) is 0 Å². The van der Waals surface area contributed by atoms with Gasteiger partial charge in [0.05, 0.1) is 0 Å². The molecule has 1 N–H and O–H groups in total. The highest BCUT2D eigenvalue weighted by atomic mass is 16.5. The standard InChI is InChI=1S/C11H18O3/c1-3-10(4-2)14-11(13)8-6-5-7-9-12/h3-4,10,12H,1-2,5-9H2. The summed E-state index contributed by atoms with van der Waals surface area (Å²) in [5, 5.41) is 8.51. The van der Waals surface area contributed by atoms with Crippen LogP contribution in [-0.4, -0.2) is 23.8 Å². The molecule has 0 rings (SSSR count). The van der Waals surface area contributed by atoms with Crippen LogP contribution in [0.1, 0.15) is 25.7 Å². The van der Waals surface area contributed by atoms with Crippen molar-refractivity contribution in [1.29, 1.82) is 0 Å². The molecule has 0 atom stereocenters. The number of ether oxygens (including phenoxy) is 1. The summed E-state index contributed by atoms with van der Waals surface area (Å²) in [5.74, 6) is -0.243. The fourth-order valence-corrected chi connectivity index (χ4v) is 0.961. The van der Waals surface area contributed by atoms with Gasteiger partial charge in [0.2, 0.25) is 0 Å². The Morgan fingerprint density at radius 1 is 1.29 bits per heavy atom. The van der Waals surface area contributed by atoms with Gasteiger partial charge < -0.3 is 9.84 Å². The van der Waals surface area contributed by atoms with Crippen molar-refractivity contribution in [3.8, 4) is 0 Å². The minimum Gasteiger partial charge on any atom is -0.454 e. The van der Waals surface area contributed by atoms with Crippen LogP contribution in [0.3, 0.4) is 0 Å². The van der Waals surface area contributed by atoms with Gasteiger partial charge in [-0.2, -0.15) is 0 Å². The molecule has 14 heavy (non-hydrogen) atoms. The van der Waals surface area contributed by atoms with Gasteiger partial charge in [-0.3, -0.25) is 4.79 Å². The van der Waals surface area contributed by atoms with Gasteiger partial charge in [0.1, 0.15) is 6.10 Å². The van der Waals surface area contributed by atoms with E-state index in [-0.39, 0.29) is 18.7 Å². The number of aliphatic hydroxyl groups excluding tert-OH is 1. The molecule has 0 spiro atoms. The summed E-state index contributed by atoms with van der Waals surface area (Å²) in [4.78, 5) is 11.2. The normalized spacial score (nSPS) is 9.86. The molecule has 0 aromatic heterocycles. The largest absolute Gasteiger partial charge is 0.454 e. The maximum absolute atomic E-state index is 11.2.